The van der Waals surface area contributed by atoms with Crippen molar-refractivity contribution in [2.24, 2.45) is 0 Å². The third kappa shape index (κ3) is 3.05. The number of anilines is 1. The van der Waals surface area contributed by atoms with Crippen LogP contribution in [0, 0.1) is 12.7 Å². The number of carbonyl (C=O) groups excluding carboxylic acids is 1. The van der Waals surface area contributed by atoms with E-state index in [2.05, 4.69) is 4.98 Å². The number of aromatic nitrogens is 2. The van der Waals surface area contributed by atoms with Gasteiger partial charge >= 0.3 is 0 Å². The minimum Gasteiger partial charge on any atom is -0.366 e. The van der Waals surface area contributed by atoms with Crippen LogP contribution in [0.2, 0.25) is 0 Å². The fourth-order valence-corrected chi connectivity index (χ4v) is 3.73. The number of para-hydroxylation sites is 1. The molecule has 1 aliphatic rings. The standard InChI is InChI=1S/C21H23FN4O/c1-3-17-19(26-10-6-7-15(2)20(26)23-17)21(27)25-13-11-24(12-14-25)18-9-5-4-8-16(18)22/h4-10H,3,11-14H2,1-2H3. The molecule has 3 aromatic rings. The molecule has 0 aliphatic carbocycles. The predicted octanol–water partition coefficient (Wildman–Crippen LogP) is 3.31. The largest absolute Gasteiger partial charge is 0.366 e. The van der Waals surface area contributed by atoms with E-state index >= 15 is 0 Å². The fourth-order valence-electron chi connectivity index (χ4n) is 3.73. The molecule has 0 N–H and O–H groups in total. The van der Waals surface area contributed by atoms with Crippen LogP contribution in [0.1, 0.15) is 28.7 Å². The van der Waals surface area contributed by atoms with Crippen molar-refractivity contribution >= 4 is 17.2 Å². The number of imidazole rings is 1. The Morgan fingerprint density at radius 1 is 1.11 bits per heavy atom. The number of aryl methyl sites for hydroxylation is 2. The molecule has 2 aromatic heterocycles. The minimum absolute atomic E-state index is 0.00173. The van der Waals surface area contributed by atoms with Crippen molar-refractivity contribution in [1.82, 2.24) is 14.3 Å². The third-order valence-corrected chi connectivity index (χ3v) is 5.21. The first-order chi connectivity index (χ1) is 13.1. The van der Waals surface area contributed by atoms with Gasteiger partial charge in [0.1, 0.15) is 17.2 Å². The Morgan fingerprint density at radius 2 is 1.85 bits per heavy atom. The highest BCUT2D eigenvalue weighted by Gasteiger charge is 2.27. The van der Waals surface area contributed by atoms with E-state index in [-0.39, 0.29) is 11.7 Å². The smallest absolute Gasteiger partial charge is 0.272 e. The maximum atomic E-state index is 14.0. The number of pyridine rings is 1. The number of benzene rings is 1. The van der Waals surface area contributed by atoms with E-state index in [1.54, 1.807) is 12.1 Å². The number of fused-ring (bicyclic) bond motifs is 1. The molecule has 1 amide bonds. The summed E-state index contributed by atoms with van der Waals surface area (Å²) in [5.41, 5.74) is 3.96. The van der Waals surface area contributed by atoms with Gasteiger partial charge in [-0.05, 0) is 37.1 Å². The van der Waals surface area contributed by atoms with E-state index in [0.717, 1.165) is 16.9 Å². The first-order valence-corrected chi connectivity index (χ1v) is 9.35. The minimum atomic E-state index is -0.220. The summed E-state index contributed by atoms with van der Waals surface area (Å²) in [6, 6.07) is 10.7. The van der Waals surface area contributed by atoms with Crippen molar-refractivity contribution in [1.29, 1.82) is 0 Å². The second-order valence-electron chi connectivity index (χ2n) is 6.88. The molecule has 5 nitrogen and oxygen atoms in total. The summed E-state index contributed by atoms with van der Waals surface area (Å²) in [6.07, 6.45) is 2.61. The lowest BCUT2D eigenvalue weighted by atomic mass is 10.2. The van der Waals surface area contributed by atoms with Crippen molar-refractivity contribution in [3.63, 3.8) is 0 Å². The summed E-state index contributed by atoms with van der Waals surface area (Å²) < 4.78 is 15.9. The highest BCUT2D eigenvalue weighted by molar-refractivity contribution is 5.95. The molecule has 1 aliphatic heterocycles. The average molecular weight is 366 g/mol. The number of hydrogen-bond acceptors (Lipinski definition) is 3. The molecule has 0 spiro atoms. The zero-order valence-electron chi connectivity index (χ0n) is 15.7. The average Bonchev–Trinajstić information content (AvgIpc) is 3.08. The third-order valence-electron chi connectivity index (χ3n) is 5.21. The van der Waals surface area contributed by atoms with E-state index in [4.69, 9.17) is 0 Å². The Morgan fingerprint density at radius 3 is 2.56 bits per heavy atom. The maximum Gasteiger partial charge on any atom is 0.272 e. The molecule has 3 heterocycles. The molecular formula is C21H23FN4O. The van der Waals surface area contributed by atoms with Crippen LogP contribution >= 0.6 is 0 Å². The molecule has 4 rings (SSSR count). The maximum absolute atomic E-state index is 14.0. The number of rotatable bonds is 3. The van der Waals surface area contributed by atoms with Gasteiger partial charge in [-0.15, -0.1) is 0 Å². The Balaban J connectivity index is 1.58. The molecule has 0 radical (unpaired) electrons. The molecular weight excluding hydrogens is 343 g/mol. The van der Waals surface area contributed by atoms with Crippen LogP contribution in [0.5, 0.6) is 0 Å². The van der Waals surface area contributed by atoms with Gasteiger partial charge in [0.2, 0.25) is 0 Å². The SMILES string of the molecule is CCc1nc2c(C)cccn2c1C(=O)N1CCN(c2ccccc2F)CC1. The van der Waals surface area contributed by atoms with E-state index in [1.165, 1.54) is 6.07 Å². The van der Waals surface area contributed by atoms with Crippen molar-refractivity contribution in [2.45, 2.75) is 20.3 Å². The van der Waals surface area contributed by atoms with E-state index in [9.17, 15) is 9.18 Å². The van der Waals surface area contributed by atoms with Crippen LogP contribution in [-0.2, 0) is 6.42 Å². The topological polar surface area (TPSA) is 40.9 Å². The van der Waals surface area contributed by atoms with Crippen LogP contribution in [0.3, 0.4) is 0 Å². The van der Waals surface area contributed by atoms with Gasteiger partial charge in [0.25, 0.3) is 5.91 Å². The van der Waals surface area contributed by atoms with E-state index < -0.39 is 0 Å². The zero-order valence-corrected chi connectivity index (χ0v) is 15.7. The Bertz CT molecular complexity index is 989. The molecule has 1 saturated heterocycles. The van der Waals surface area contributed by atoms with Crippen LogP contribution < -0.4 is 4.90 Å². The summed E-state index contributed by atoms with van der Waals surface area (Å²) in [4.78, 5) is 21.8. The molecule has 27 heavy (non-hydrogen) atoms. The van der Waals surface area contributed by atoms with Gasteiger partial charge in [0, 0.05) is 32.4 Å². The van der Waals surface area contributed by atoms with Gasteiger partial charge in [-0.2, -0.15) is 0 Å². The summed E-state index contributed by atoms with van der Waals surface area (Å²) in [6.45, 7) is 6.38. The van der Waals surface area contributed by atoms with Gasteiger partial charge in [0.15, 0.2) is 0 Å². The molecule has 0 atom stereocenters. The lowest BCUT2D eigenvalue weighted by molar-refractivity contribution is 0.0738. The zero-order chi connectivity index (χ0) is 19.0. The Labute approximate surface area is 158 Å². The van der Waals surface area contributed by atoms with Crippen molar-refractivity contribution in [3.8, 4) is 0 Å². The fraction of sp³-hybridized carbons (Fsp3) is 0.333. The van der Waals surface area contributed by atoms with E-state index in [1.807, 2.05) is 52.4 Å². The summed E-state index contributed by atoms with van der Waals surface area (Å²) >= 11 is 0. The Hall–Kier alpha value is -2.89. The van der Waals surface area contributed by atoms with Gasteiger partial charge in [0.05, 0.1) is 11.4 Å². The lowest BCUT2D eigenvalue weighted by Gasteiger charge is -2.36. The number of halogens is 1. The van der Waals surface area contributed by atoms with Crippen molar-refractivity contribution in [3.05, 3.63) is 65.4 Å². The van der Waals surface area contributed by atoms with Crippen LogP contribution in [0.15, 0.2) is 42.6 Å². The van der Waals surface area contributed by atoms with Crippen molar-refractivity contribution in [2.75, 3.05) is 31.1 Å². The first kappa shape index (κ1) is 17.5. The number of nitrogens with zero attached hydrogens (tertiary/aromatic N) is 4. The normalized spacial score (nSPS) is 14.8. The number of amides is 1. The quantitative estimate of drug-likeness (QED) is 0.714. The molecule has 140 valence electrons. The highest BCUT2D eigenvalue weighted by Crippen LogP contribution is 2.22. The molecule has 1 aromatic carbocycles. The number of piperazine rings is 1. The molecule has 6 heteroatoms. The predicted molar refractivity (Wildman–Crippen MR) is 104 cm³/mol. The van der Waals surface area contributed by atoms with Gasteiger partial charge in [-0.1, -0.05) is 25.1 Å². The van der Waals surface area contributed by atoms with Gasteiger partial charge < -0.3 is 9.80 Å². The second kappa shape index (κ2) is 7.02. The molecule has 0 saturated carbocycles. The summed E-state index contributed by atoms with van der Waals surface area (Å²) in [5, 5.41) is 0. The van der Waals surface area contributed by atoms with Crippen LogP contribution in [0.25, 0.3) is 5.65 Å². The van der Waals surface area contributed by atoms with Crippen molar-refractivity contribution < 1.29 is 9.18 Å². The van der Waals surface area contributed by atoms with Gasteiger partial charge in [-0.25, -0.2) is 9.37 Å². The highest BCUT2D eigenvalue weighted by atomic mass is 19.1. The van der Waals surface area contributed by atoms with Crippen LogP contribution in [-0.4, -0.2) is 46.4 Å². The monoisotopic (exact) mass is 366 g/mol. The van der Waals surface area contributed by atoms with E-state index in [0.29, 0.717) is 44.0 Å². The molecule has 0 unspecified atom stereocenters. The second-order valence-corrected chi connectivity index (χ2v) is 6.88. The summed E-state index contributed by atoms with van der Waals surface area (Å²) in [7, 11) is 0. The molecule has 0 bridgehead atoms. The molecule has 1 fully saturated rings. The first-order valence-electron chi connectivity index (χ1n) is 9.35. The number of carbonyl (C=O) groups is 1. The van der Waals surface area contributed by atoms with Gasteiger partial charge in [-0.3, -0.25) is 9.20 Å². The van der Waals surface area contributed by atoms with Crippen LogP contribution in [0.4, 0.5) is 10.1 Å². The summed E-state index contributed by atoms with van der Waals surface area (Å²) in [5.74, 6) is -0.221. The lowest BCUT2D eigenvalue weighted by Crippen LogP contribution is -2.49. The Kier molecular flexibility index (Phi) is 4.56. The number of hydrogen-bond donors (Lipinski definition) is 0.